The topological polar surface area (TPSA) is 113 Å². The molecule has 3 heterocycles. The first-order valence-corrected chi connectivity index (χ1v) is 12.8. The molecule has 0 atom stereocenters. The van der Waals surface area contributed by atoms with Crippen LogP contribution in [0.1, 0.15) is 33.9 Å². The number of amides is 2. The molecule has 5 rings (SSSR count). The number of thiophene rings is 1. The number of imidazole rings is 1. The second-order valence-electron chi connectivity index (χ2n) is 9.49. The highest BCUT2D eigenvalue weighted by Crippen LogP contribution is 2.30. The molecule has 0 spiro atoms. The Labute approximate surface area is 223 Å². The molecule has 10 heteroatoms. The van der Waals surface area contributed by atoms with Crippen molar-refractivity contribution in [1.82, 2.24) is 19.7 Å². The van der Waals surface area contributed by atoms with Crippen molar-refractivity contribution in [3.8, 4) is 10.4 Å². The van der Waals surface area contributed by atoms with E-state index in [1.807, 2.05) is 42.5 Å². The summed E-state index contributed by atoms with van der Waals surface area (Å²) < 4.78 is 1.78. The SMILES string of the molecule is CN(C(=O)c1ccccc1)c1ccc2c(c1)nc(NC(=O)c1ccc(-c3ccnnc3)s1)n2CC(C)(C)O. The molecule has 0 saturated carbocycles. The lowest BCUT2D eigenvalue weighted by Crippen LogP contribution is -2.27. The van der Waals surface area contributed by atoms with Crippen LogP contribution in [-0.2, 0) is 6.54 Å². The van der Waals surface area contributed by atoms with E-state index < -0.39 is 5.60 Å². The van der Waals surface area contributed by atoms with Crippen molar-refractivity contribution in [1.29, 1.82) is 0 Å². The number of carbonyl (C=O) groups excluding carboxylic acids is 2. The van der Waals surface area contributed by atoms with Crippen LogP contribution in [0.15, 0.2) is 79.1 Å². The molecule has 2 amide bonds. The van der Waals surface area contributed by atoms with E-state index >= 15 is 0 Å². The molecule has 0 aliphatic carbocycles. The third kappa shape index (κ3) is 5.31. The number of anilines is 2. The predicted molar refractivity (Wildman–Crippen MR) is 149 cm³/mol. The first-order chi connectivity index (χ1) is 18.2. The molecule has 2 aromatic carbocycles. The zero-order valence-corrected chi connectivity index (χ0v) is 21.9. The molecule has 192 valence electrons. The molecule has 0 fully saturated rings. The monoisotopic (exact) mass is 526 g/mol. The zero-order chi connectivity index (χ0) is 26.9. The van der Waals surface area contributed by atoms with Gasteiger partial charge in [-0.2, -0.15) is 10.2 Å². The lowest BCUT2D eigenvalue weighted by molar-refractivity contribution is 0.0630. The average Bonchev–Trinajstić information content (AvgIpc) is 3.53. The van der Waals surface area contributed by atoms with Crippen molar-refractivity contribution < 1.29 is 14.7 Å². The Morgan fingerprint density at radius 2 is 1.84 bits per heavy atom. The molecular weight excluding hydrogens is 500 g/mol. The van der Waals surface area contributed by atoms with Crippen molar-refractivity contribution >= 4 is 45.8 Å². The summed E-state index contributed by atoms with van der Waals surface area (Å²) in [6, 6.07) is 20.0. The smallest absolute Gasteiger partial charge is 0.268 e. The van der Waals surface area contributed by atoms with Crippen LogP contribution in [0.2, 0.25) is 0 Å². The van der Waals surface area contributed by atoms with Gasteiger partial charge in [-0.05, 0) is 62.4 Å². The molecule has 3 aromatic heterocycles. The number of nitrogens with zero attached hydrogens (tertiary/aromatic N) is 5. The van der Waals surface area contributed by atoms with Gasteiger partial charge in [0.25, 0.3) is 11.8 Å². The number of carbonyl (C=O) groups is 2. The molecule has 0 saturated heterocycles. The Morgan fingerprint density at radius 1 is 1.05 bits per heavy atom. The molecule has 0 bridgehead atoms. The van der Waals surface area contributed by atoms with E-state index in [2.05, 4.69) is 20.5 Å². The van der Waals surface area contributed by atoms with Gasteiger partial charge in [0.2, 0.25) is 5.95 Å². The third-order valence-electron chi connectivity index (χ3n) is 5.91. The summed E-state index contributed by atoms with van der Waals surface area (Å²) in [6.45, 7) is 3.59. The van der Waals surface area contributed by atoms with E-state index in [1.165, 1.54) is 11.3 Å². The number of benzene rings is 2. The van der Waals surface area contributed by atoms with Gasteiger partial charge in [0.15, 0.2) is 0 Å². The summed E-state index contributed by atoms with van der Waals surface area (Å²) in [4.78, 5) is 33.8. The Morgan fingerprint density at radius 3 is 2.55 bits per heavy atom. The summed E-state index contributed by atoms with van der Waals surface area (Å²) in [6.07, 6.45) is 3.25. The van der Waals surface area contributed by atoms with Gasteiger partial charge in [-0.15, -0.1) is 11.3 Å². The van der Waals surface area contributed by atoms with Crippen LogP contribution >= 0.6 is 11.3 Å². The lowest BCUT2D eigenvalue weighted by atomic mass is 10.1. The van der Waals surface area contributed by atoms with Gasteiger partial charge in [-0.3, -0.25) is 14.9 Å². The van der Waals surface area contributed by atoms with E-state index in [-0.39, 0.29) is 18.4 Å². The Hall–Kier alpha value is -4.41. The van der Waals surface area contributed by atoms with Crippen LogP contribution < -0.4 is 10.2 Å². The van der Waals surface area contributed by atoms with Crippen molar-refractivity contribution in [2.45, 2.75) is 26.0 Å². The minimum atomic E-state index is -1.06. The number of aromatic nitrogens is 4. The quantitative estimate of drug-likeness (QED) is 0.313. The Kier molecular flexibility index (Phi) is 6.75. The molecule has 9 nitrogen and oxygen atoms in total. The Bertz CT molecular complexity index is 1610. The molecule has 5 aromatic rings. The van der Waals surface area contributed by atoms with Gasteiger partial charge in [0, 0.05) is 28.7 Å². The minimum Gasteiger partial charge on any atom is -0.389 e. The number of nitrogens with one attached hydrogen (secondary N) is 1. The van der Waals surface area contributed by atoms with Gasteiger partial charge in [0.05, 0.1) is 40.5 Å². The summed E-state index contributed by atoms with van der Waals surface area (Å²) in [5, 5.41) is 21.2. The molecule has 0 aliphatic rings. The van der Waals surface area contributed by atoms with Gasteiger partial charge in [-0.25, -0.2) is 4.98 Å². The fraction of sp³-hybridized carbons (Fsp3) is 0.179. The maximum absolute atomic E-state index is 13.2. The van der Waals surface area contributed by atoms with Gasteiger partial charge in [0.1, 0.15) is 0 Å². The maximum atomic E-state index is 13.2. The van der Waals surface area contributed by atoms with Crippen LogP contribution in [0.4, 0.5) is 11.6 Å². The molecule has 0 aliphatic heterocycles. The van der Waals surface area contributed by atoms with E-state index in [4.69, 9.17) is 0 Å². The summed E-state index contributed by atoms with van der Waals surface area (Å²) in [5.74, 6) is -0.152. The number of hydrogen-bond donors (Lipinski definition) is 2. The van der Waals surface area contributed by atoms with Crippen LogP contribution in [0.25, 0.3) is 21.5 Å². The molecule has 0 radical (unpaired) electrons. The first-order valence-electron chi connectivity index (χ1n) is 11.9. The molecule has 38 heavy (non-hydrogen) atoms. The first kappa shape index (κ1) is 25.2. The van der Waals surface area contributed by atoms with E-state index in [9.17, 15) is 14.7 Å². The number of aliphatic hydroxyl groups is 1. The van der Waals surface area contributed by atoms with E-state index in [1.54, 1.807) is 67.0 Å². The average molecular weight is 527 g/mol. The number of fused-ring (bicyclic) bond motifs is 1. The lowest BCUT2D eigenvalue weighted by Gasteiger charge is -2.20. The summed E-state index contributed by atoms with van der Waals surface area (Å²) in [5.41, 5.74) is 2.36. The van der Waals surface area contributed by atoms with Gasteiger partial charge in [-0.1, -0.05) is 18.2 Å². The molecule has 0 unspecified atom stereocenters. The zero-order valence-electron chi connectivity index (χ0n) is 21.1. The second-order valence-corrected chi connectivity index (χ2v) is 10.6. The van der Waals surface area contributed by atoms with Crippen LogP contribution in [-0.4, -0.2) is 49.3 Å². The summed E-state index contributed by atoms with van der Waals surface area (Å²) in [7, 11) is 1.71. The number of rotatable bonds is 7. The Balaban J connectivity index is 1.46. The van der Waals surface area contributed by atoms with Gasteiger partial charge >= 0.3 is 0 Å². The highest BCUT2D eigenvalue weighted by Gasteiger charge is 2.22. The second kappa shape index (κ2) is 10.2. The highest BCUT2D eigenvalue weighted by atomic mass is 32.1. The van der Waals surface area contributed by atoms with E-state index in [0.29, 0.717) is 27.6 Å². The van der Waals surface area contributed by atoms with Crippen molar-refractivity contribution in [2.75, 3.05) is 17.3 Å². The minimum absolute atomic E-state index is 0.146. The fourth-order valence-electron chi connectivity index (χ4n) is 4.08. The largest absolute Gasteiger partial charge is 0.389 e. The predicted octanol–water partition coefficient (Wildman–Crippen LogP) is 4.85. The van der Waals surface area contributed by atoms with Crippen molar-refractivity contribution in [3.63, 3.8) is 0 Å². The van der Waals surface area contributed by atoms with Crippen molar-refractivity contribution in [3.05, 3.63) is 89.6 Å². The fourth-order valence-corrected chi connectivity index (χ4v) is 4.97. The van der Waals surface area contributed by atoms with Crippen LogP contribution in [0.3, 0.4) is 0 Å². The number of hydrogen-bond acceptors (Lipinski definition) is 7. The standard InChI is InChI=1S/C28H26N6O3S/c1-28(2,37)17-34-22-10-9-20(33(3)26(36)18-7-5-4-6-8-18)15-21(22)31-27(34)32-25(35)24-12-11-23(38-24)19-13-14-29-30-16-19/h4-16,37H,17H2,1-3H3,(H,31,32,35). The maximum Gasteiger partial charge on any atom is 0.268 e. The van der Waals surface area contributed by atoms with Crippen LogP contribution in [0.5, 0.6) is 0 Å². The normalized spacial score (nSPS) is 11.5. The third-order valence-corrected chi connectivity index (χ3v) is 7.05. The molecule has 2 N–H and O–H groups in total. The van der Waals surface area contributed by atoms with E-state index in [0.717, 1.165) is 16.0 Å². The van der Waals surface area contributed by atoms with Gasteiger partial charge < -0.3 is 14.6 Å². The summed E-state index contributed by atoms with van der Waals surface area (Å²) >= 11 is 1.34. The highest BCUT2D eigenvalue weighted by molar-refractivity contribution is 7.17. The van der Waals surface area contributed by atoms with Crippen LogP contribution in [0, 0.1) is 0 Å². The molecular formula is C28H26N6O3S. The van der Waals surface area contributed by atoms with Crippen molar-refractivity contribution in [2.24, 2.45) is 0 Å².